The zero-order chi connectivity index (χ0) is 24.0. The Morgan fingerprint density at radius 1 is 1.00 bits per heavy atom. The number of benzene rings is 1. The van der Waals surface area contributed by atoms with Gasteiger partial charge in [-0.2, -0.15) is 5.10 Å². The zero-order valence-electron chi connectivity index (χ0n) is 17.8. The molecule has 0 fully saturated rings. The second-order valence-electron chi connectivity index (χ2n) is 7.13. The van der Waals surface area contributed by atoms with Gasteiger partial charge in [-0.05, 0) is 48.9 Å². The zero-order valence-corrected chi connectivity index (χ0v) is 19.4. The van der Waals surface area contributed by atoms with Crippen LogP contribution < -0.4 is 15.6 Å². The predicted octanol–water partition coefficient (Wildman–Crippen LogP) is 2.98. The maximum atomic E-state index is 12.4. The second-order valence-corrected chi connectivity index (χ2v) is 9.71. The summed E-state index contributed by atoms with van der Waals surface area (Å²) in [5, 5.41) is 9.03. The molecule has 174 valence electrons. The van der Waals surface area contributed by atoms with Crippen LogP contribution in [0.1, 0.15) is 12.8 Å². The molecule has 0 radical (unpaired) electrons. The van der Waals surface area contributed by atoms with E-state index in [1.54, 1.807) is 36.0 Å². The Labute approximate surface area is 199 Å². The number of nitrogens with zero attached hydrogens (tertiary/aromatic N) is 4. The number of rotatable bonds is 9. The van der Waals surface area contributed by atoms with Crippen molar-refractivity contribution in [2.45, 2.75) is 24.3 Å². The highest BCUT2D eigenvalue weighted by atomic mass is 32.2. The Kier molecular flexibility index (Phi) is 7.09. The lowest BCUT2D eigenvalue weighted by Crippen LogP contribution is -2.23. The molecule has 12 heteroatoms. The lowest BCUT2D eigenvalue weighted by atomic mass is 10.2. The molecule has 0 atom stereocenters. The number of anilines is 2. The van der Waals surface area contributed by atoms with Gasteiger partial charge in [-0.1, -0.05) is 0 Å². The van der Waals surface area contributed by atoms with Gasteiger partial charge in [0.25, 0.3) is 15.6 Å². The lowest BCUT2D eigenvalue weighted by Gasteiger charge is -2.09. The highest BCUT2D eigenvalue weighted by Crippen LogP contribution is 2.20. The Morgan fingerprint density at radius 2 is 1.76 bits per heavy atom. The minimum absolute atomic E-state index is 0.0558. The van der Waals surface area contributed by atoms with E-state index in [1.165, 1.54) is 52.5 Å². The normalized spacial score (nSPS) is 11.2. The molecule has 0 aliphatic carbocycles. The van der Waals surface area contributed by atoms with Gasteiger partial charge >= 0.3 is 0 Å². The van der Waals surface area contributed by atoms with Gasteiger partial charge in [0, 0.05) is 54.3 Å². The van der Waals surface area contributed by atoms with E-state index in [2.05, 4.69) is 25.1 Å². The first kappa shape index (κ1) is 23.3. The molecule has 2 N–H and O–H groups in total. The monoisotopic (exact) mass is 496 g/mol. The average Bonchev–Trinajstić information content (AvgIpc) is 3.33. The van der Waals surface area contributed by atoms with Crippen molar-refractivity contribution in [3.05, 3.63) is 82.9 Å². The molecule has 3 heterocycles. The maximum absolute atomic E-state index is 12.4. The fourth-order valence-electron chi connectivity index (χ4n) is 3.06. The highest BCUT2D eigenvalue weighted by Gasteiger charge is 2.15. The highest BCUT2D eigenvalue weighted by molar-refractivity contribution is 7.93. The molecule has 0 saturated heterocycles. The molecule has 4 rings (SSSR count). The van der Waals surface area contributed by atoms with Gasteiger partial charge in [0.15, 0.2) is 5.13 Å². The first-order chi connectivity index (χ1) is 16.4. The molecule has 0 aliphatic rings. The van der Waals surface area contributed by atoms with Crippen molar-refractivity contribution in [3.8, 4) is 11.3 Å². The minimum Gasteiger partial charge on any atom is -0.326 e. The minimum atomic E-state index is -3.76. The number of thiazole rings is 1. The van der Waals surface area contributed by atoms with Crippen molar-refractivity contribution >= 4 is 38.1 Å². The van der Waals surface area contributed by atoms with Gasteiger partial charge < -0.3 is 5.32 Å². The van der Waals surface area contributed by atoms with Crippen LogP contribution in [-0.2, 0) is 21.4 Å². The summed E-state index contributed by atoms with van der Waals surface area (Å²) in [6.07, 6.45) is 5.37. The molecule has 1 aromatic carbocycles. The number of carbonyl (C=O) groups excluding carboxylic acids is 1. The van der Waals surface area contributed by atoms with E-state index in [9.17, 15) is 18.0 Å². The first-order valence-corrected chi connectivity index (χ1v) is 12.6. The summed E-state index contributed by atoms with van der Waals surface area (Å²) in [6.45, 7) is 0.283. The van der Waals surface area contributed by atoms with Crippen LogP contribution in [0.4, 0.5) is 10.8 Å². The molecule has 10 nitrogen and oxygen atoms in total. The molecule has 3 aromatic heterocycles. The molecule has 34 heavy (non-hydrogen) atoms. The van der Waals surface area contributed by atoms with Crippen molar-refractivity contribution in [2.24, 2.45) is 0 Å². The van der Waals surface area contributed by atoms with Crippen molar-refractivity contribution in [1.82, 2.24) is 19.7 Å². The van der Waals surface area contributed by atoms with Gasteiger partial charge in [-0.25, -0.2) is 18.1 Å². The largest absolute Gasteiger partial charge is 0.326 e. The number of amides is 1. The van der Waals surface area contributed by atoms with Crippen molar-refractivity contribution in [1.29, 1.82) is 0 Å². The van der Waals surface area contributed by atoms with Crippen LogP contribution in [-0.4, -0.2) is 34.1 Å². The number of hydrogen-bond acceptors (Lipinski definition) is 8. The first-order valence-electron chi connectivity index (χ1n) is 10.2. The SMILES string of the molecule is O=C(CCCn1nc(-c2ccncc2)ccc1=O)Nc1ccc(S(=O)(=O)Nc2nccs2)cc1. The van der Waals surface area contributed by atoms with Crippen LogP contribution >= 0.6 is 11.3 Å². The van der Waals surface area contributed by atoms with Crippen LogP contribution in [0, 0.1) is 0 Å². The van der Waals surface area contributed by atoms with Gasteiger partial charge in [0.05, 0.1) is 10.6 Å². The summed E-state index contributed by atoms with van der Waals surface area (Å²) < 4.78 is 28.5. The maximum Gasteiger partial charge on any atom is 0.266 e. The molecule has 0 spiro atoms. The summed E-state index contributed by atoms with van der Waals surface area (Å²) in [5.74, 6) is -0.255. The second kappa shape index (κ2) is 10.4. The molecular formula is C22H20N6O4S2. The van der Waals surface area contributed by atoms with Crippen molar-refractivity contribution < 1.29 is 13.2 Å². The molecule has 0 aliphatic heterocycles. The van der Waals surface area contributed by atoms with Crippen molar-refractivity contribution in [2.75, 3.05) is 10.0 Å². The van der Waals surface area contributed by atoms with E-state index in [-0.39, 0.29) is 34.5 Å². The summed E-state index contributed by atoms with van der Waals surface area (Å²) in [4.78, 5) is 32.3. The van der Waals surface area contributed by atoms with E-state index in [1.807, 2.05) is 0 Å². The van der Waals surface area contributed by atoms with Gasteiger partial charge in [-0.3, -0.25) is 19.3 Å². The van der Waals surface area contributed by atoms with Crippen LogP contribution in [0.5, 0.6) is 0 Å². The number of pyridine rings is 1. The molecule has 4 aromatic rings. The Bertz CT molecular complexity index is 1420. The number of hydrogen-bond donors (Lipinski definition) is 2. The number of carbonyl (C=O) groups is 1. The van der Waals surface area contributed by atoms with E-state index in [4.69, 9.17) is 0 Å². The summed E-state index contributed by atoms with van der Waals surface area (Å²) in [5.41, 5.74) is 1.70. The Balaban J connectivity index is 1.31. The number of nitrogens with one attached hydrogen (secondary N) is 2. The van der Waals surface area contributed by atoms with E-state index in [0.717, 1.165) is 5.56 Å². The predicted molar refractivity (Wildman–Crippen MR) is 129 cm³/mol. The Hall–Kier alpha value is -3.90. The van der Waals surface area contributed by atoms with E-state index < -0.39 is 10.0 Å². The molecule has 0 unspecified atom stereocenters. The third-order valence-corrected chi connectivity index (χ3v) is 6.89. The number of aromatic nitrogens is 4. The quantitative estimate of drug-likeness (QED) is 0.363. The molecule has 1 amide bonds. The van der Waals surface area contributed by atoms with Gasteiger partial charge in [0.1, 0.15) is 0 Å². The molecule has 0 saturated carbocycles. The third kappa shape index (κ3) is 5.91. The van der Waals surface area contributed by atoms with Crippen molar-refractivity contribution in [3.63, 3.8) is 0 Å². The fraction of sp³-hybridized carbons (Fsp3) is 0.136. The van der Waals surface area contributed by atoms with Gasteiger partial charge in [0.2, 0.25) is 5.91 Å². The third-order valence-electron chi connectivity index (χ3n) is 4.72. The standard InChI is InChI=1S/C22H20N6O4S2/c29-20(2-1-14-28-21(30)8-7-19(26-28)16-9-11-23-12-10-16)25-17-3-5-18(6-4-17)34(31,32)27-22-24-13-15-33-22/h3-13,15H,1-2,14H2,(H,24,27)(H,25,29). The number of aryl methyl sites for hydroxylation is 1. The fourth-order valence-corrected chi connectivity index (χ4v) is 4.85. The van der Waals surface area contributed by atoms with Crippen LogP contribution in [0.2, 0.25) is 0 Å². The summed E-state index contributed by atoms with van der Waals surface area (Å²) in [6, 6.07) is 12.5. The van der Waals surface area contributed by atoms with E-state index >= 15 is 0 Å². The van der Waals surface area contributed by atoms with Gasteiger partial charge in [-0.15, -0.1) is 11.3 Å². The topological polar surface area (TPSA) is 136 Å². The van der Waals surface area contributed by atoms with Crippen LogP contribution in [0.15, 0.2) is 82.2 Å². The van der Waals surface area contributed by atoms with Crippen LogP contribution in [0.3, 0.4) is 0 Å². The smallest absolute Gasteiger partial charge is 0.266 e. The Morgan fingerprint density at radius 3 is 2.47 bits per heavy atom. The number of sulfonamides is 1. The summed E-state index contributed by atoms with van der Waals surface area (Å²) in [7, 11) is -3.76. The van der Waals surface area contributed by atoms with E-state index in [0.29, 0.717) is 17.8 Å². The lowest BCUT2D eigenvalue weighted by molar-refractivity contribution is -0.116. The molecule has 0 bridgehead atoms. The average molecular weight is 497 g/mol. The van der Waals surface area contributed by atoms with Crippen LogP contribution in [0.25, 0.3) is 11.3 Å². The molecular weight excluding hydrogens is 476 g/mol. The summed E-state index contributed by atoms with van der Waals surface area (Å²) >= 11 is 1.18.